The highest BCUT2D eigenvalue weighted by Crippen LogP contribution is 2.28. The maximum absolute atomic E-state index is 12.0. The minimum atomic E-state index is -0.187. The highest BCUT2D eigenvalue weighted by molar-refractivity contribution is 6.05. The van der Waals surface area contributed by atoms with Crippen molar-refractivity contribution in [2.45, 2.75) is 40.8 Å². The number of aliphatic hydroxyl groups excluding tert-OH is 1. The van der Waals surface area contributed by atoms with Crippen LogP contribution < -0.4 is 0 Å². The second-order valence-electron chi connectivity index (χ2n) is 7.40. The molecule has 0 amide bonds. The molecule has 0 unspecified atom stereocenters. The van der Waals surface area contributed by atoms with E-state index < -0.39 is 0 Å². The number of nitrogens with zero attached hydrogens (tertiary/aromatic N) is 4. The first-order chi connectivity index (χ1) is 11.8. The van der Waals surface area contributed by atoms with Gasteiger partial charge in [-0.1, -0.05) is 26.8 Å². The first-order valence-corrected chi connectivity index (χ1v) is 8.22. The minimum Gasteiger partial charge on any atom is -0.388 e. The summed E-state index contributed by atoms with van der Waals surface area (Å²) in [7, 11) is 0. The molecule has 25 heavy (non-hydrogen) atoms. The van der Waals surface area contributed by atoms with Crippen molar-refractivity contribution < 1.29 is 9.90 Å². The van der Waals surface area contributed by atoms with Crippen LogP contribution in [0, 0.1) is 5.41 Å². The van der Waals surface area contributed by atoms with Crippen molar-refractivity contribution in [3.05, 3.63) is 42.1 Å². The van der Waals surface area contributed by atoms with E-state index >= 15 is 0 Å². The maximum Gasteiger partial charge on any atom is 0.180 e. The number of Topliss-reactive ketones (excluding diaryl/α,β-unsaturated/α-hetero) is 1. The summed E-state index contributed by atoms with van der Waals surface area (Å²) in [4.78, 5) is 20.3. The Morgan fingerprint density at radius 1 is 1.16 bits per heavy atom. The Hall–Kier alpha value is -2.60. The fraction of sp³-hybridized carbons (Fsp3) is 0.368. The van der Waals surface area contributed by atoms with Gasteiger partial charge in [-0.05, 0) is 23.1 Å². The Kier molecular flexibility index (Phi) is 4.39. The summed E-state index contributed by atoms with van der Waals surface area (Å²) >= 11 is 0. The molecule has 0 radical (unpaired) electrons. The van der Waals surface area contributed by atoms with Gasteiger partial charge in [-0.15, -0.1) is 0 Å². The van der Waals surface area contributed by atoms with Gasteiger partial charge < -0.3 is 5.11 Å². The van der Waals surface area contributed by atoms with E-state index in [4.69, 9.17) is 5.11 Å². The molecule has 0 atom stereocenters. The number of carbonyl (C=O) groups is 1. The van der Waals surface area contributed by atoms with Gasteiger partial charge in [-0.3, -0.25) is 9.48 Å². The normalized spacial score (nSPS) is 11.9. The Balaban J connectivity index is 2.12. The van der Waals surface area contributed by atoms with Gasteiger partial charge >= 0.3 is 0 Å². The van der Waals surface area contributed by atoms with Gasteiger partial charge in [0.15, 0.2) is 11.6 Å². The number of aromatic nitrogens is 4. The third-order valence-corrected chi connectivity index (χ3v) is 3.89. The molecule has 0 saturated heterocycles. The van der Waals surface area contributed by atoms with Crippen LogP contribution in [-0.4, -0.2) is 30.6 Å². The molecule has 0 aliphatic rings. The van der Waals surface area contributed by atoms with Gasteiger partial charge in [0.1, 0.15) is 12.3 Å². The van der Waals surface area contributed by atoms with Gasteiger partial charge in [-0.25, -0.2) is 9.97 Å². The fourth-order valence-electron chi connectivity index (χ4n) is 2.77. The zero-order valence-corrected chi connectivity index (χ0v) is 14.9. The van der Waals surface area contributed by atoms with Crippen molar-refractivity contribution in [1.29, 1.82) is 0 Å². The van der Waals surface area contributed by atoms with Crippen molar-refractivity contribution in [2.24, 2.45) is 5.41 Å². The lowest BCUT2D eigenvalue weighted by Gasteiger charge is -2.18. The van der Waals surface area contributed by atoms with Crippen LogP contribution in [0.5, 0.6) is 0 Å². The standard InChI is InChI=1S/C19H22N4O2/c1-12(25)18-15-7-13(14-8-20-17(10-24)21-9-14)5-6-16(15)23(22-18)11-19(2,3)4/h5-9,24H,10-11H2,1-4H3. The fourth-order valence-corrected chi connectivity index (χ4v) is 2.77. The van der Waals surface area contributed by atoms with Crippen LogP contribution in [0.25, 0.3) is 22.0 Å². The summed E-state index contributed by atoms with van der Waals surface area (Å²) in [5.74, 6) is 0.328. The Labute approximate surface area is 146 Å². The maximum atomic E-state index is 12.0. The molecule has 1 N–H and O–H groups in total. The molecule has 6 heteroatoms. The molecule has 2 aromatic heterocycles. The highest BCUT2D eigenvalue weighted by Gasteiger charge is 2.19. The van der Waals surface area contributed by atoms with Crippen LogP contribution in [0.2, 0.25) is 0 Å². The second-order valence-corrected chi connectivity index (χ2v) is 7.40. The predicted molar refractivity (Wildman–Crippen MR) is 96.1 cm³/mol. The van der Waals surface area contributed by atoms with E-state index in [1.165, 1.54) is 6.92 Å². The van der Waals surface area contributed by atoms with E-state index in [-0.39, 0.29) is 17.8 Å². The van der Waals surface area contributed by atoms with E-state index in [1.54, 1.807) is 12.4 Å². The zero-order chi connectivity index (χ0) is 18.2. The summed E-state index contributed by atoms with van der Waals surface area (Å²) in [5.41, 5.74) is 3.22. The number of carbonyl (C=O) groups excluding carboxylic acids is 1. The van der Waals surface area contributed by atoms with Crippen molar-refractivity contribution in [2.75, 3.05) is 0 Å². The molecule has 0 bridgehead atoms. The van der Waals surface area contributed by atoms with Crippen molar-refractivity contribution >= 4 is 16.7 Å². The number of rotatable bonds is 4. The quantitative estimate of drug-likeness (QED) is 0.739. The van der Waals surface area contributed by atoms with Gasteiger partial charge in [0.25, 0.3) is 0 Å². The summed E-state index contributed by atoms with van der Waals surface area (Å²) < 4.78 is 1.90. The molecule has 0 aliphatic carbocycles. The minimum absolute atomic E-state index is 0.0540. The lowest BCUT2D eigenvalue weighted by Crippen LogP contribution is -2.16. The molecule has 130 valence electrons. The molecule has 0 aliphatic heterocycles. The Bertz CT molecular complexity index is 921. The lowest BCUT2D eigenvalue weighted by atomic mass is 9.97. The third-order valence-electron chi connectivity index (χ3n) is 3.89. The van der Waals surface area contributed by atoms with Gasteiger partial charge in [0.2, 0.25) is 0 Å². The van der Waals surface area contributed by atoms with Crippen LogP contribution in [0.15, 0.2) is 30.6 Å². The molecule has 0 fully saturated rings. The van der Waals surface area contributed by atoms with E-state index in [0.29, 0.717) is 11.5 Å². The average Bonchev–Trinajstić information content (AvgIpc) is 2.91. The molecule has 2 heterocycles. The molecular formula is C19H22N4O2. The van der Waals surface area contributed by atoms with Crippen LogP contribution in [0.1, 0.15) is 44.0 Å². The van der Waals surface area contributed by atoms with Crippen molar-refractivity contribution in [3.8, 4) is 11.1 Å². The van der Waals surface area contributed by atoms with Crippen molar-refractivity contribution in [3.63, 3.8) is 0 Å². The molecular weight excluding hydrogens is 316 g/mol. The van der Waals surface area contributed by atoms with Gasteiger partial charge in [0, 0.05) is 36.8 Å². The number of ketones is 1. The van der Waals surface area contributed by atoms with Crippen LogP contribution in [0.4, 0.5) is 0 Å². The zero-order valence-electron chi connectivity index (χ0n) is 14.9. The SMILES string of the molecule is CC(=O)c1nn(CC(C)(C)C)c2ccc(-c3cnc(CO)nc3)cc12. The van der Waals surface area contributed by atoms with Gasteiger partial charge in [-0.2, -0.15) is 5.10 Å². The lowest BCUT2D eigenvalue weighted by molar-refractivity contribution is 0.101. The summed E-state index contributed by atoms with van der Waals surface area (Å²) in [6, 6.07) is 5.91. The van der Waals surface area contributed by atoms with Crippen LogP contribution in [-0.2, 0) is 13.2 Å². The van der Waals surface area contributed by atoms with Gasteiger partial charge in [0.05, 0.1) is 5.52 Å². The molecule has 3 rings (SSSR count). The Morgan fingerprint density at radius 3 is 2.40 bits per heavy atom. The average molecular weight is 338 g/mol. The molecule has 6 nitrogen and oxygen atoms in total. The van der Waals surface area contributed by atoms with E-state index in [0.717, 1.165) is 28.6 Å². The van der Waals surface area contributed by atoms with E-state index in [1.807, 2.05) is 22.9 Å². The third kappa shape index (κ3) is 3.58. The predicted octanol–water partition coefficient (Wildman–Crippen LogP) is 3.23. The van der Waals surface area contributed by atoms with E-state index in [2.05, 4.69) is 35.8 Å². The monoisotopic (exact) mass is 338 g/mol. The topological polar surface area (TPSA) is 80.9 Å². The summed E-state index contributed by atoms with van der Waals surface area (Å²) in [5, 5.41) is 14.4. The molecule has 3 aromatic rings. The largest absolute Gasteiger partial charge is 0.388 e. The van der Waals surface area contributed by atoms with E-state index in [9.17, 15) is 4.79 Å². The first kappa shape index (κ1) is 17.2. The number of hydrogen-bond acceptors (Lipinski definition) is 5. The van der Waals surface area contributed by atoms with Crippen LogP contribution >= 0.6 is 0 Å². The second kappa shape index (κ2) is 6.37. The molecule has 0 spiro atoms. The number of hydrogen-bond donors (Lipinski definition) is 1. The summed E-state index contributed by atoms with van der Waals surface area (Å²) in [6.07, 6.45) is 3.35. The Morgan fingerprint density at radius 2 is 1.84 bits per heavy atom. The smallest absolute Gasteiger partial charge is 0.180 e. The van der Waals surface area contributed by atoms with Crippen LogP contribution in [0.3, 0.4) is 0 Å². The van der Waals surface area contributed by atoms with Crippen molar-refractivity contribution in [1.82, 2.24) is 19.7 Å². The number of aliphatic hydroxyl groups is 1. The molecule has 1 aromatic carbocycles. The summed E-state index contributed by atoms with van der Waals surface area (Å²) in [6.45, 7) is 8.50. The highest BCUT2D eigenvalue weighted by atomic mass is 16.3. The number of benzene rings is 1. The number of fused-ring (bicyclic) bond motifs is 1. The molecule has 0 saturated carbocycles. The first-order valence-electron chi connectivity index (χ1n) is 8.22.